The molecular weight excluding hydrogens is 282 g/mol. The van der Waals surface area contributed by atoms with Crippen LogP contribution in [0.5, 0.6) is 0 Å². The number of thioether (sulfide) groups is 1. The van der Waals surface area contributed by atoms with E-state index >= 15 is 0 Å². The number of hydrogen-bond acceptors (Lipinski definition) is 4. The average molecular weight is 297 g/mol. The maximum Gasteiger partial charge on any atom is 0.263 e. The molecule has 0 atom stereocenters. The highest BCUT2D eigenvalue weighted by Crippen LogP contribution is 2.20. The molecule has 5 nitrogen and oxygen atoms in total. The summed E-state index contributed by atoms with van der Waals surface area (Å²) in [5.74, 6) is 0.450. The first-order chi connectivity index (χ1) is 8.92. The molecule has 0 bridgehead atoms. The maximum atomic E-state index is 12.2. The number of benzene rings is 1. The highest BCUT2D eigenvalue weighted by atomic mass is 32.2. The molecule has 0 unspecified atom stereocenters. The van der Waals surface area contributed by atoms with Crippen molar-refractivity contribution in [3.05, 3.63) is 36.0 Å². The Hall–Kier alpha value is -1.47. The second kappa shape index (κ2) is 5.26. The molecule has 2 aromatic rings. The molecule has 0 radical (unpaired) electrons. The topological polar surface area (TPSA) is 64.0 Å². The van der Waals surface area contributed by atoms with Gasteiger partial charge in [0.05, 0.1) is 10.6 Å². The van der Waals surface area contributed by atoms with Gasteiger partial charge in [-0.3, -0.25) is 9.40 Å². The van der Waals surface area contributed by atoms with E-state index in [-0.39, 0.29) is 4.90 Å². The molecule has 0 saturated carbocycles. The predicted molar refractivity (Wildman–Crippen MR) is 77.0 cm³/mol. The number of hydrogen-bond donors (Lipinski definition) is 1. The van der Waals surface area contributed by atoms with Gasteiger partial charge in [-0.15, -0.1) is 11.8 Å². The molecule has 1 heterocycles. The van der Waals surface area contributed by atoms with Gasteiger partial charge in [-0.05, 0) is 37.4 Å². The summed E-state index contributed by atoms with van der Waals surface area (Å²) in [5, 5.41) is 4.10. The standard InChI is InChI=1S/C12H15N3O2S2/c1-9-8-12(15(2)13-9)14-19(16,17)11-6-4-10(18-3)5-7-11/h4-8,14H,1-3H3. The highest BCUT2D eigenvalue weighted by Gasteiger charge is 2.16. The van der Waals surface area contributed by atoms with Crippen LogP contribution in [0.2, 0.25) is 0 Å². The first-order valence-electron chi connectivity index (χ1n) is 5.60. The molecule has 0 aliphatic rings. The van der Waals surface area contributed by atoms with Crippen LogP contribution in [0.1, 0.15) is 5.69 Å². The fourth-order valence-corrected chi connectivity index (χ4v) is 3.14. The zero-order valence-electron chi connectivity index (χ0n) is 10.9. The molecule has 0 saturated heterocycles. The minimum atomic E-state index is -3.57. The van der Waals surface area contributed by atoms with Crippen molar-refractivity contribution in [3.8, 4) is 0 Å². The smallest absolute Gasteiger partial charge is 0.263 e. The van der Waals surface area contributed by atoms with Crippen molar-refractivity contribution in [2.75, 3.05) is 11.0 Å². The van der Waals surface area contributed by atoms with E-state index in [4.69, 9.17) is 0 Å². The Morgan fingerprint density at radius 3 is 2.37 bits per heavy atom. The van der Waals surface area contributed by atoms with Crippen LogP contribution in [0.3, 0.4) is 0 Å². The van der Waals surface area contributed by atoms with Gasteiger partial charge in [0.25, 0.3) is 10.0 Å². The van der Waals surface area contributed by atoms with E-state index in [9.17, 15) is 8.42 Å². The Kier molecular flexibility index (Phi) is 3.86. The molecule has 1 N–H and O–H groups in total. The monoisotopic (exact) mass is 297 g/mol. The molecule has 102 valence electrons. The normalized spacial score (nSPS) is 11.5. The lowest BCUT2D eigenvalue weighted by Gasteiger charge is -2.08. The maximum absolute atomic E-state index is 12.2. The summed E-state index contributed by atoms with van der Waals surface area (Å²) in [4.78, 5) is 1.26. The second-order valence-electron chi connectivity index (χ2n) is 4.08. The Morgan fingerprint density at radius 2 is 1.89 bits per heavy atom. The van der Waals surface area contributed by atoms with Gasteiger partial charge >= 0.3 is 0 Å². The summed E-state index contributed by atoms with van der Waals surface area (Å²) in [6.07, 6.45) is 1.94. The van der Waals surface area contributed by atoms with E-state index in [1.807, 2.05) is 13.2 Å². The van der Waals surface area contributed by atoms with Gasteiger partial charge < -0.3 is 0 Å². The van der Waals surface area contributed by atoms with Crippen molar-refractivity contribution < 1.29 is 8.42 Å². The second-order valence-corrected chi connectivity index (χ2v) is 6.64. The summed E-state index contributed by atoms with van der Waals surface area (Å²) < 4.78 is 28.4. The largest absolute Gasteiger partial charge is 0.264 e. The van der Waals surface area contributed by atoms with Crippen LogP contribution >= 0.6 is 11.8 Å². The van der Waals surface area contributed by atoms with Crippen LogP contribution in [0.25, 0.3) is 0 Å². The predicted octanol–water partition coefficient (Wildman–Crippen LogP) is 2.25. The number of aryl methyl sites for hydroxylation is 2. The van der Waals surface area contributed by atoms with E-state index in [1.54, 1.807) is 49.1 Å². The van der Waals surface area contributed by atoms with E-state index in [2.05, 4.69) is 9.82 Å². The fraction of sp³-hybridized carbons (Fsp3) is 0.250. The molecule has 0 spiro atoms. The molecule has 1 aromatic carbocycles. The number of nitrogens with one attached hydrogen (secondary N) is 1. The molecule has 2 rings (SSSR count). The lowest BCUT2D eigenvalue weighted by Crippen LogP contribution is -2.15. The van der Waals surface area contributed by atoms with Crippen LogP contribution in [0.4, 0.5) is 5.82 Å². The molecule has 7 heteroatoms. The molecular formula is C12H15N3O2S2. The third-order valence-corrected chi connectivity index (χ3v) is 4.72. The zero-order chi connectivity index (χ0) is 14.0. The van der Waals surface area contributed by atoms with Gasteiger partial charge in [-0.1, -0.05) is 0 Å². The Labute approximate surface area is 117 Å². The van der Waals surface area contributed by atoms with Gasteiger partial charge in [0, 0.05) is 18.0 Å². The summed E-state index contributed by atoms with van der Waals surface area (Å²) in [5.41, 5.74) is 0.762. The van der Waals surface area contributed by atoms with E-state index < -0.39 is 10.0 Å². The van der Waals surface area contributed by atoms with Crippen LogP contribution in [0, 0.1) is 6.92 Å². The van der Waals surface area contributed by atoms with Crippen molar-refractivity contribution in [3.63, 3.8) is 0 Å². The van der Waals surface area contributed by atoms with Crippen LogP contribution in [-0.4, -0.2) is 24.5 Å². The Morgan fingerprint density at radius 1 is 1.26 bits per heavy atom. The van der Waals surface area contributed by atoms with Crippen LogP contribution < -0.4 is 4.72 Å². The number of rotatable bonds is 4. The number of sulfonamides is 1. The van der Waals surface area contributed by atoms with Gasteiger partial charge in [0.2, 0.25) is 0 Å². The summed E-state index contributed by atoms with van der Waals surface area (Å²) in [7, 11) is -1.87. The molecule has 1 aromatic heterocycles. The summed E-state index contributed by atoms with van der Waals surface area (Å²) >= 11 is 1.57. The number of aromatic nitrogens is 2. The van der Waals surface area contributed by atoms with Crippen molar-refractivity contribution in [2.45, 2.75) is 16.7 Å². The number of nitrogens with zero attached hydrogens (tertiary/aromatic N) is 2. The molecule has 0 amide bonds. The minimum Gasteiger partial charge on any atom is -0.264 e. The van der Waals surface area contributed by atoms with E-state index in [0.29, 0.717) is 5.82 Å². The molecule has 19 heavy (non-hydrogen) atoms. The van der Waals surface area contributed by atoms with Crippen molar-refractivity contribution in [2.24, 2.45) is 7.05 Å². The summed E-state index contributed by atoms with van der Waals surface area (Å²) in [6.45, 7) is 1.81. The van der Waals surface area contributed by atoms with Gasteiger partial charge in [0.15, 0.2) is 0 Å². The summed E-state index contributed by atoms with van der Waals surface area (Å²) in [6, 6.07) is 8.45. The third-order valence-electron chi connectivity index (χ3n) is 2.61. The lowest BCUT2D eigenvalue weighted by atomic mass is 10.4. The van der Waals surface area contributed by atoms with Crippen molar-refractivity contribution >= 4 is 27.6 Å². The molecule has 0 aliphatic carbocycles. The highest BCUT2D eigenvalue weighted by molar-refractivity contribution is 7.98. The Bertz CT molecular complexity index is 676. The third kappa shape index (κ3) is 3.10. The zero-order valence-corrected chi connectivity index (χ0v) is 12.5. The SMILES string of the molecule is CSc1ccc(S(=O)(=O)Nc2cc(C)nn2C)cc1. The van der Waals surface area contributed by atoms with Crippen molar-refractivity contribution in [1.29, 1.82) is 0 Å². The van der Waals surface area contributed by atoms with Gasteiger partial charge in [0.1, 0.15) is 5.82 Å². The van der Waals surface area contributed by atoms with Crippen molar-refractivity contribution in [1.82, 2.24) is 9.78 Å². The van der Waals surface area contributed by atoms with E-state index in [1.165, 1.54) is 4.68 Å². The molecule has 0 fully saturated rings. The average Bonchev–Trinajstić information content (AvgIpc) is 2.67. The first-order valence-corrected chi connectivity index (χ1v) is 8.31. The van der Waals surface area contributed by atoms with E-state index in [0.717, 1.165) is 10.6 Å². The lowest BCUT2D eigenvalue weighted by molar-refractivity contribution is 0.600. The number of anilines is 1. The fourth-order valence-electron chi connectivity index (χ4n) is 1.66. The quantitative estimate of drug-likeness (QED) is 0.879. The van der Waals surface area contributed by atoms with Gasteiger partial charge in [-0.2, -0.15) is 5.10 Å². The molecule has 0 aliphatic heterocycles. The van der Waals surface area contributed by atoms with Crippen LogP contribution in [0.15, 0.2) is 40.1 Å². The Balaban J connectivity index is 2.29. The first kappa shape index (κ1) is 14.0. The van der Waals surface area contributed by atoms with Gasteiger partial charge in [-0.25, -0.2) is 8.42 Å². The minimum absolute atomic E-state index is 0.240. The van der Waals surface area contributed by atoms with Crippen LogP contribution in [-0.2, 0) is 17.1 Å².